The van der Waals surface area contributed by atoms with Crippen LogP contribution < -0.4 is 10.6 Å². The predicted molar refractivity (Wildman–Crippen MR) is 86.9 cm³/mol. The molecule has 2 aromatic rings. The molecule has 6 nitrogen and oxygen atoms in total. The van der Waals surface area contributed by atoms with Crippen LogP contribution in [0.1, 0.15) is 11.3 Å². The fraction of sp³-hybridized carbons (Fsp3) is 0.538. The molecule has 0 bridgehead atoms. The summed E-state index contributed by atoms with van der Waals surface area (Å²) in [6.45, 7) is 2.67. The van der Waals surface area contributed by atoms with Crippen molar-refractivity contribution in [3.63, 3.8) is 0 Å². The van der Waals surface area contributed by atoms with Crippen LogP contribution in [0.25, 0.3) is 10.2 Å². The van der Waals surface area contributed by atoms with Crippen molar-refractivity contribution in [1.29, 1.82) is 0 Å². The molecular weight excluding hydrogens is 308 g/mol. The van der Waals surface area contributed by atoms with Gasteiger partial charge in [0.15, 0.2) is 9.84 Å². The summed E-state index contributed by atoms with van der Waals surface area (Å²) in [4.78, 5) is 11.0. The monoisotopic (exact) mass is 326 g/mol. The van der Waals surface area contributed by atoms with E-state index in [4.69, 9.17) is 0 Å². The van der Waals surface area contributed by atoms with Crippen LogP contribution in [0, 0.1) is 12.8 Å². The van der Waals surface area contributed by atoms with Crippen LogP contribution in [-0.4, -0.2) is 43.5 Å². The molecule has 114 valence electrons. The van der Waals surface area contributed by atoms with Crippen LogP contribution in [0.15, 0.2) is 6.07 Å². The molecule has 0 amide bonds. The lowest BCUT2D eigenvalue weighted by atomic mass is 10.1. The first-order valence-corrected chi connectivity index (χ1v) is 9.51. The first kappa shape index (κ1) is 14.5. The van der Waals surface area contributed by atoms with Gasteiger partial charge in [-0.2, -0.15) is 4.98 Å². The van der Waals surface area contributed by atoms with Gasteiger partial charge < -0.3 is 10.6 Å². The van der Waals surface area contributed by atoms with Crippen LogP contribution in [0.3, 0.4) is 0 Å². The third kappa shape index (κ3) is 3.11. The molecule has 21 heavy (non-hydrogen) atoms. The van der Waals surface area contributed by atoms with Crippen molar-refractivity contribution in [3.8, 4) is 0 Å². The lowest BCUT2D eigenvalue weighted by molar-refractivity contribution is 0.596. The smallest absolute Gasteiger partial charge is 0.225 e. The van der Waals surface area contributed by atoms with E-state index in [1.165, 1.54) is 4.88 Å². The molecule has 0 aliphatic carbocycles. The molecule has 1 fully saturated rings. The van der Waals surface area contributed by atoms with Gasteiger partial charge in [0.25, 0.3) is 0 Å². The van der Waals surface area contributed by atoms with E-state index in [1.807, 2.05) is 6.92 Å². The van der Waals surface area contributed by atoms with Gasteiger partial charge in [-0.1, -0.05) is 0 Å². The molecule has 0 radical (unpaired) electrons. The van der Waals surface area contributed by atoms with Gasteiger partial charge in [-0.05, 0) is 25.3 Å². The van der Waals surface area contributed by atoms with E-state index in [1.54, 1.807) is 18.4 Å². The van der Waals surface area contributed by atoms with Crippen LogP contribution in [0.2, 0.25) is 0 Å². The maximum absolute atomic E-state index is 11.5. The van der Waals surface area contributed by atoms with E-state index in [0.717, 1.165) is 22.5 Å². The number of sulfone groups is 1. The topological polar surface area (TPSA) is 84.0 Å². The molecule has 8 heteroatoms. The van der Waals surface area contributed by atoms with Crippen molar-refractivity contribution >= 4 is 43.2 Å². The number of nitrogens with one attached hydrogen (secondary N) is 2. The molecule has 0 spiro atoms. The quantitative estimate of drug-likeness (QED) is 0.892. The number of hydrogen-bond acceptors (Lipinski definition) is 7. The zero-order chi connectivity index (χ0) is 15.0. The first-order chi connectivity index (χ1) is 9.97. The van der Waals surface area contributed by atoms with Crippen LogP contribution in [0.4, 0.5) is 11.8 Å². The average molecular weight is 326 g/mol. The minimum Gasteiger partial charge on any atom is -0.369 e. The lowest BCUT2D eigenvalue weighted by Crippen LogP contribution is -2.16. The molecular formula is C13H18N4O2S2. The lowest BCUT2D eigenvalue weighted by Gasteiger charge is -2.11. The van der Waals surface area contributed by atoms with Gasteiger partial charge in [0.2, 0.25) is 5.95 Å². The molecule has 1 saturated heterocycles. The van der Waals surface area contributed by atoms with Crippen molar-refractivity contribution in [2.24, 2.45) is 5.92 Å². The van der Waals surface area contributed by atoms with E-state index in [2.05, 4.69) is 26.7 Å². The van der Waals surface area contributed by atoms with Gasteiger partial charge in [0.1, 0.15) is 10.6 Å². The number of rotatable bonds is 4. The normalized spacial score (nSPS) is 20.8. The summed E-state index contributed by atoms with van der Waals surface area (Å²) < 4.78 is 23.0. The average Bonchev–Trinajstić information content (AvgIpc) is 2.97. The Balaban J connectivity index is 1.83. The Bertz CT molecular complexity index is 770. The maximum atomic E-state index is 11.5. The number of aryl methyl sites for hydroxylation is 1. The van der Waals surface area contributed by atoms with Crippen molar-refractivity contribution in [3.05, 3.63) is 10.9 Å². The van der Waals surface area contributed by atoms with E-state index >= 15 is 0 Å². The molecule has 1 aliphatic heterocycles. The van der Waals surface area contributed by atoms with E-state index < -0.39 is 9.84 Å². The summed E-state index contributed by atoms with van der Waals surface area (Å²) in [5, 5.41) is 7.26. The summed E-state index contributed by atoms with van der Waals surface area (Å²) in [6, 6.07) is 2.06. The van der Waals surface area contributed by atoms with Crippen molar-refractivity contribution in [1.82, 2.24) is 9.97 Å². The van der Waals surface area contributed by atoms with Crippen molar-refractivity contribution in [2.75, 3.05) is 35.7 Å². The predicted octanol–water partition coefficient (Wildman–Crippen LogP) is 1.89. The van der Waals surface area contributed by atoms with Crippen LogP contribution >= 0.6 is 11.3 Å². The second-order valence-corrected chi connectivity index (χ2v) is 8.84. The Morgan fingerprint density at radius 1 is 1.43 bits per heavy atom. The Morgan fingerprint density at radius 3 is 2.90 bits per heavy atom. The molecule has 2 N–H and O–H groups in total. The highest BCUT2D eigenvalue weighted by Crippen LogP contribution is 2.30. The van der Waals surface area contributed by atoms with Crippen LogP contribution in [0.5, 0.6) is 0 Å². The second kappa shape index (κ2) is 5.42. The van der Waals surface area contributed by atoms with E-state index in [9.17, 15) is 8.42 Å². The van der Waals surface area contributed by atoms with Gasteiger partial charge >= 0.3 is 0 Å². The fourth-order valence-corrected chi connectivity index (χ4v) is 5.30. The van der Waals surface area contributed by atoms with Crippen molar-refractivity contribution < 1.29 is 8.42 Å². The Hall–Kier alpha value is -1.41. The number of fused-ring (bicyclic) bond motifs is 1. The summed E-state index contributed by atoms with van der Waals surface area (Å²) in [5.41, 5.74) is 0. The largest absolute Gasteiger partial charge is 0.369 e. The minimum absolute atomic E-state index is 0.165. The van der Waals surface area contributed by atoms with E-state index in [-0.39, 0.29) is 11.7 Å². The third-order valence-electron chi connectivity index (χ3n) is 3.62. The number of hydrogen-bond donors (Lipinski definition) is 2. The van der Waals surface area contributed by atoms with E-state index in [0.29, 0.717) is 18.2 Å². The Labute approximate surface area is 127 Å². The highest BCUT2D eigenvalue weighted by atomic mass is 32.2. The number of anilines is 2. The number of nitrogens with zero attached hydrogens (tertiary/aromatic N) is 2. The maximum Gasteiger partial charge on any atom is 0.225 e. The molecule has 1 atom stereocenters. The van der Waals surface area contributed by atoms with Gasteiger partial charge in [-0.25, -0.2) is 13.4 Å². The molecule has 2 aromatic heterocycles. The summed E-state index contributed by atoms with van der Waals surface area (Å²) in [7, 11) is -1.05. The molecule has 1 unspecified atom stereocenters. The SMILES string of the molecule is CNc1nc(NCC2CCS(=O)(=O)C2)c2cc(C)sc2n1. The summed E-state index contributed by atoms with van der Waals surface area (Å²) in [6.07, 6.45) is 0.727. The van der Waals surface area contributed by atoms with Gasteiger partial charge in [0, 0.05) is 18.5 Å². The van der Waals surface area contributed by atoms with Gasteiger partial charge in [-0.15, -0.1) is 11.3 Å². The zero-order valence-corrected chi connectivity index (χ0v) is 13.6. The number of aromatic nitrogens is 2. The molecule has 3 rings (SSSR count). The van der Waals surface area contributed by atoms with Gasteiger partial charge in [-0.3, -0.25) is 0 Å². The Kier molecular flexibility index (Phi) is 3.75. The van der Waals surface area contributed by atoms with Crippen molar-refractivity contribution in [2.45, 2.75) is 13.3 Å². The Morgan fingerprint density at radius 2 is 2.24 bits per heavy atom. The molecule has 1 aliphatic rings. The van der Waals surface area contributed by atoms with Gasteiger partial charge in [0.05, 0.1) is 16.9 Å². The summed E-state index contributed by atoms with van der Waals surface area (Å²) >= 11 is 1.63. The minimum atomic E-state index is -2.83. The number of thiophene rings is 1. The first-order valence-electron chi connectivity index (χ1n) is 6.87. The molecule has 3 heterocycles. The highest BCUT2D eigenvalue weighted by molar-refractivity contribution is 7.91. The third-order valence-corrected chi connectivity index (χ3v) is 6.41. The summed E-state index contributed by atoms with van der Waals surface area (Å²) in [5.74, 6) is 2.09. The standard InChI is InChI=1S/C13H18N4O2S2/c1-8-5-10-11(16-13(14-2)17-12(10)20-8)15-6-9-3-4-21(18,19)7-9/h5,9H,3-4,6-7H2,1-2H3,(H2,14,15,16,17). The zero-order valence-electron chi connectivity index (χ0n) is 12.0. The second-order valence-electron chi connectivity index (χ2n) is 5.37. The fourth-order valence-electron chi connectivity index (χ4n) is 2.56. The molecule has 0 saturated carbocycles. The highest BCUT2D eigenvalue weighted by Gasteiger charge is 2.27. The molecule has 0 aromatic carbocycles. The van der Waals surface area contributed by atoms with Crippen LogP contribution in [-0.2, 0) is 9.84 Å².